The molecule has 1 aromatic heterocycles. The van der Waals surface area contributed by atoms with Gasteiger partial charge in [0, 0.05) is 0 Å². The lowest BCUT2D eigenvalue weighted by atomic mass is 10.0. The molecule has 1 rings (SSSR count). The van der Waals surface area contributed by atoms with E-state index >= 15 is 0 Å². The predicted molar refractivity (Wildman–Crippen MR) is 46.9 cm³/mol. The van der Waals surface area contributed by atoms with Crippen LogP contribution in [-0.2, 0) is 4.79 Å². The minimum atomic E-state index is -0.260. The average Bonchev–Trinajstić information content (AvgIpc) is 2.07. The molecule has 0 aromatic carbocycles. The fourth-order valence-electron chi connectivity index (χ4n) is 0.946. The summed E-state index contributed by atoms with van der Waals surface area (Å²) in [6.07, 6.45) is 2.20. The van der Waals surface area contributed by atoms with Gasteiger partial charge in [0.1, 0.15) is 0 Å². The molecule has 1 aromatic rings. The van der Waals surface area contributed by atoms with Crippen LogP contribution in [0.2, 0.25) is 0 Å². The van der Waals surface area contributed by atoms with Crippen LogP contribution in [0.15, 0.2) is 12.3 Å². The lowest BCUT2D eigenvalue weighted by Crippen LogP contribution is -2.08. The van der Waals surface area contributed by atoms with Crippen LogP contribution in [0.4, 0.5) is 0 Å². The molecule has 0 aliphatic rings. The van der Waals surface area contributed by atoms with Crippen LogP contribution >= 0.6 is 12.6 Å². The normalized spacial score (nSPS) is 12.5. The number of rotatable bonds is 3. The van der Waals surface area contributed by atoms with E-state index in [2.05, 4.69) is 28.0 Å². The molecule has 12 heavy (non-hydrogen) atoms. The van der Waals surface area contributed by atoms with E-state index in [1.165, 1.54) is 6.20 Å². The Morgan fingerprint density at radius 1 is 1.75 bits per heavy atom. The molecule has 5 heteroatoms. The van der Waals surface area contributed by atoms with Crippen LogP contribution in [0, 0.1) is 0 Å². The van der Waals surface area contributed by atoms with Crippen LogP contribution in [0.25, 0.3) is 0 Å². The smallest absolute Gasteiger partial charge is 0.195 e. The summed E-state index contributed by atoms with van der Waals surface area (Å²) in [5, 5.41) is 10.5. The van der Waals surface area contributed by atoms with E-state index in [0.717, 1.165) is 0 Å². The highest BCUT2D eigenvalue weighted by atomic mass is 32.1. The van der Waals surface area contributed by atoms with Crippen LogP contribution in [0.5, 0.6) is 0 Å². The van der Waals surface area contributed by atoms with Crippen LogP contribution in [0.3, 0.4) is 0 Å². The summed E-state index contributed by atoms with van der Waals surface area (Å²) in [5.41, 5.74) is 0.632. The van der Waals surface area contributed by atoms with Gasteiger partial charge in [0.25, 0.3) is 0 Å². The monoisotopic (exact) mass is 183 g/mol. The molecule has 0 saturated carbocycles. The summed E-state index contributed by atoms with van der Waals surface area (Å²) in [6, 6.07) is 1.68. The number of hydrogen-bond acceptors (Lipinski definition) is 4. The standard InChI is InChI=1S/C7H9N3OS/c1-2-5(7(11)12)6-3-4-8-10-9-6/h3-5H,2H2,1H3,(H,11,12). The Kier molecular flexibility index (Phi) is 3.16. The number of aromatic nitrogens is 3. The van der Waals surface area contributed by atoms with Crippen LogP contribution in [-0.4, -0.2) is 20.5 Å². The number of hydrogen-bond donors (Lipinski definition) is 1. The zero-order valence-electron chi connectivity index (χ0n) is 6.64. The van der Waals surface area contributed by atoms with Gasteiger partial charge in [-0.05, 0) is 17.7 Å². The summed E-state index contributed by atoms with van der Waals surface area (Å²) in [5.74, 6) is -0.260. The summed E-state index contributed by atoms with van der Waals surface area (Å²) in [4.78, 5) is 11.0. The first-order valence-electron chi connectivity index (χ1n) is 3.62. The molecule has 1 atom stereocenters. The van der Waals surface area contributed by atoms with Gasteiger partial charge >= 0.3 is 0 Å². The SMILES string of the molecule is CCC(C(=O)S)c1ccnnn1. The van der Waals surface area contributed by atoms with Crippen LogP contribution < -0.4 is 0 Å². The van der Waals surface area contributed by atoms with Gasteiger partial charge in [0.2, 0.25) is 0 Å². The minimum Gasteiger partial charge on any atom is -0.287 e. The summed E-state index contributed by atoms with van der Waals surface area (Å²) in [7, 11) is 0. The molecule has 0 aliphatic carbocycles. The lowest BCUT2D eigenvalue weighted by molar-refractivity contribution is -0.112. The highest BCUT2D eigenvalue weighted by Crippen LogP contribution is 2.18. The van der Waals surface area contributed by atoms with Gasteiger partial charge in [0.05, 0.1) is 17.8 Å². The van der Waals surface area contributed by atoms with E-state index in [1.54, 1.807) is 6.07 Å². The second kappa shape index (κ2) is 4.15. The first-order chi connectivity index (χ1) is 5.75. The van der Waals surface area contributed by atoms with Gasteiger partial charge in [-0.2, -0.15) is 0 Å². The average molecular weight is 183 g/mol. The van der Waals surface area contributed by atoms with Gasteiger partial charge in [-0.15, -0.1) is 22.8 Å². The molecule has 0 bridgehead atoms. The first kappa shape index (κ1) is 9.12. The van der Waals surface area contributed by atoms with E-state index in [-0.39, 0.29) is 11.0 Å². The van der Waals surface area contributed by atoms with Crippen molar-refractivity contribution < 1.29 is 4.79 Å². The molecule has 0 N–H and O–H groups in total. The molecular weight excluding hydrogens is 174 g/mol. The largest absolute Gasteiger partial charge is 0.287 e. The second-order valence-electron chi connectivity index (χ2n) is 2.34. The van der Waals surface area contributed by atoms with Gasteiger partial charge in [0.15, 0.2) is 5.12 Å². The summed E-state index contributed by atoms with van der Waals surface area (Å²) < 4.78 is 0. The summed E-state index contributed by atoms with van der Waals surface area (Å²) >= 11 is 3.76. The molecule has 0 fully saturated rings. The number of thiol groups is 1. The Labute approximate surface area is 75.8 Å². The van der Waals surface area contributed by atoms with Crippen molar-refractivity contribution in [3.8, 4) is 0 Å². The molecule has 4 nitrogen and oxygen atoms in total. The molecule has 0 aliphatic heterocycles. The van der Waals surface area contributed by atoms with Crippen molar-refractivity contribution in [3.63, 3.8) is 0 Å². The maximum atomic E-state index is 11.0. The number of carbonyl (C=O) groups is 1. The third-order valence-corrected chi connectivity index (χ3v) is 1.90. The molecule has 0 amide bonds. The third kappa shape index (κ3) is 2.01. The van der Waals surface area contributed by atoms with Gasteiger partial charge < -0.3 is 0 Å². The molecule has 0 radical (unpaired) electrons. The lowest BCUT2D eigenvalue weighted by Gasteiger charge is -2.06. The van der Waals surface area contributed by atoms with E-state index in [1.807, 2.05) is 6.92 Å². The third-order valence-electron chi connectivity index (χ3n) is 1.59. The van der Waals surface area contributed by atoms with Crippen molar-refractivity contribution in [2.75, 3.05) is 0 Å². The quantitative estimate of drug-likeness (QED) is 0.705. The van der Waals surface area contributed by atoms with Crippen molar-refractivity contribution in [1.29, 1.82) is 0 Å². The number of nitrogens with zero attached hydrogens (tertiary/aromatic N) is 3. The van der Waals surface area contributed by atoms with E-state index in [0.29, 0.717) is 12.1 Å². The van der Waals surface area contributed by atoms with E-state index in [9.17, 15) is 4.79 Å². The van der Waals surface area contributed by atoms with Crippen molar-refractivity contribution in [1.82, 2.24) is 15.4 Å². The van der Waals surface area contributed by atoms with Crippen LogP contribution in [0.1, 0.15) is 25.0 Å². The molecule has 1 heterocycles. The Morgan fingerprint density at radius 2 is 2.50 bits per heavy atom. The molecule has 0 saturated heterocycles. The Balaban J connectivity index is 2.88. The molecular formula is C7H9N3OS. The van der Waals surface area contributed by atoms with Crippen molar-refractivity contribution in [3.05, 3.63) is 18.0 Å². The highest BCUT2D eigenvalue weighted by Gasteiger charge is 2.16. The van der Waals surface area contributed by atoms with Gasteiger partial charge in [-0.3, -0.25) is 4.79 Å². The Bertz CT molecular complexity index is 265. The maximum absolute atomic E-state index is 11.0. The fraction of sp³-hybridized carbons (Fsp3) is 0.429. The topological polar surface area (TPSA) is 55.7 Å². The second-order valence-corrected chi connectivity index (χ2v) is 2.79. The van der Waals surface area contributed by atoms with Gasteiger partial charge in [-0.25, -0.2) is 0 Å². The number of carbonyl (C=O) groups excluding carboxylic acids is 1. The highest BCUT2D eigenvalue weighted by molar-refractivity contribution is 7.96. The molecule has 0 spiro atoms. The zero-order valence-corrected chi connectivity index (χ0v) is 7.53. The fourth-order valence-corrected chi connectivity index (χ4v) is 1.26. The molecule has 64 valence electrons. The first-order valence-corrected chi connectivity index (χ1v) is 4.07. The van der Waals surface area contributed by atoms with Crippen molar-refractivity contribution in [2.45, 2.75) is 19.3 Å². The summed E-state index contributed by atoms with van der Waals surface area (Å²) in [6.45, 7) is 1.90. The van der Waals surface area contributed by atoms with Crippen molar-refractivity contribution >= 4 is 17.7 Å². The zero-order chi connectivity index (χ0) is 8.97. The van der Waals surface area contributed by atoms with E-state index in [4.69, 9.17) is 0 Å². The van der Waals surface area contributed by atoms with Gasteiger partial charge in [-0.1, -0.05) is 6.92 Å². The predicted octanol–water partition coefficient (Wildman–Crippen LogP) is 0.822. The Hall–Kier alpha value is -0.970. The maximum Gasteiger partial charge on any atom is 0.195 e. The Morgan fingerprint density at radius 3 is 2.92 bits per heavy atom. The minimum absolute atomic E-state index is 0.182. The molecule has 1 unspecified atom stereocenters. The van der Waals surface area contributed by atoms with Crippen molar-refractivity contribution in [2.24, 2.45) is 0 Å². The van der Waals surface area contributed by atoms with E-state index < -0.39 is 0 Å².